The molecule has 0 aliphatic carbocycles. The SMILES string of the molecule is Cc1nccc(CNC(=O)N2CCC(C(=O)O)C2)n1. The number of urea groups is 1. The maximum absolute atomic E-state index is 11.9. The smallest absolute Gasteiger partial charge is 0.317 e. The first kappa shape index (κ1) is 13.3. The predicted molar refractivity (Wildman–Crippen MR) is 66.3 cm³/mol. The average molecular weight is 264 g/mol. The Morgan fingerprint density at radius 2 is 2.37 bits per heavy atom. The summed E-state index contributed by atoms with van der Waals surface area (Å²) >= 11 is 0. The molecule has 1 unspecified atom stereocenters. The van der Waals surface area contributed by atoms with Gasteiger partial charge in [0, 0.05) is 19.3 Å². The molecule has 0 aromatic carbocycles. The molecule has 0 bridgehead atoms. The summed E-state index contributed by atoms with van der Waals surface area (Å²) in [6.07, 6.45) is 2.15. The van der Waals surface area contributed by atoms with Gasteiger partial charge in [0.15, 0.2) is 0 Å². The second-order valence-electron chi connectivity index (χ2n) is 4.52. The fraction of sp³-hybridized carbons (Fsp3) is 0.500. The maximum Gasteiger partial charge on any atom is 0.317 e. The van der Waals surface area contributed by atoms with Crippen LogP contribution in [-0.2, 0) is 11.3 Å². The van der Waals surface area contributed by atoms with Gasteiger partial charge in [-0.1, -0.05) is 0 Å². The first-order valence-corrected chi connectivity index (χ1v) is 6.10. The van der Waals surface area contributed by atoms with Crippen molar-refractivity contribution in [2.45, 2.75) is 19.9 Å². The molecule has 0 radical (unpaired) electrons. The molecule has 2 amide bonds. The minimum Gasteiger partial charge on any atom is -0.481 e. The van der Waals surface area contributed by atoms with Gasteiger partial charge < -0.3 is 15.3 Å². The number of rotatable bonds is 3. The normalized spacial score (nSPS) is 18.4. The number of likely N-dealkylation sites (tertiary alicyclic amines) is 1. The highest BCUT2D eigenvalue weighted by Crippen LogP contribution is 2.16. The molecule has 0 saturated carbocycles. The molecule has 2 N–H and O–H groups in total. The van der Waals surface area contributed by atoms with Crippen LogP contribution in [0.15, 0.2) is 12.3 Å². The third-order valence-electron chi connectivity index (χ3n) is 3.08. The topological polar surface area (TPSA) is 95.4 Å². The van der Waals surface area contributed by atoms with Crippen LogP contribution in [0.5, 0.6) is 0 Å². The van der Waals surface area contributed by atoms with Crippen molar-refractivity contribution in [3.05, 3.63) is 23.8 Å². The zero-order chi connectivity index (χ0) is 13.8. The third-order valence-corrected chi connectivity index (χ3v) is 3.08. The summed E-state index contributed by atoms with van der Waals surface area (Å²) in [7, 11) is 0. The van der Waals surface area contributed by atoms with Crippen molar-refractivity contribution in [2.24, 2.45) is 5.92 Å². The Kier molecular flexibility index (Phi) is 3.94. The number of carbonyl (C=O) groups excluding carboxylic acids is 1. The minimum atomic E-state index is -0.846. The number of carbonyl (C=O) groups is 2. The number of aliphatic carboxylic acids is 1. The Morgan fingerprint density at radius 3 is 3.00 bits per heavy atom. The van der Waals surface area contributed by atoms with Crippen LogP contribution in [-0.4, -0.2) is 45.1 Å². The number of hydrogen-bond acceptors (Lipinski definition) is 4. The number of carboxylic acid groups (broad SMARTS) is 1. The van der Waals surface area contributed by atoms with Gasteiger partial charge >= 0.3 is 12.0 Å². The summed E-state index contributed by atoms with van der Waals surface area (Å²) in [5, 5.41) is 11.6. The number of nitrogens with zero attached hydrogens (tertiary/aromatic N) is 3. The molecule has 2 heterocycles. The first-order chi connectivity index (χ1) is 9.06. The first-order valence-electron chi connectivity index (χ1n) is 6.10. The molecule has 1 aliphatic heterocycles. The van der Waals surface area contributed by atoms with E-state index in [2.05, 4.69) is 15.3 Å². The highest BCUT2D eigenvalue weighted by atomic mass is 16.4. The predicted octanol–water partition coefficient (Wildman–Crippen LogP) is 0.401. The minimum absolute atomic E-state index is 0.250. The van der Waals surface area contributed by atoms with Crippen LogP contribution in [0.4, 0.5) is 4.79 Å². The highest BCUT2D eigenvalue weighted by Gasteiger charge is 2.30. The molecule has 7 heteroatoms. The number of amides is 2. The average Bonchev–Trinajstić information content (AvgIpc) is 2.86. The lowest BCUT2D eigenvalue weighted by atomic mass is 10.1. The number of nitrogens with one attached hydrogen (secondary N) is 1. The van der Waals surface area contributed by atoms with Gasteiger partial charge in [-0.15, -0.1) is 0 Å². The van der Waals surface area contributed by atoms with Crippen LogP contribution < -0.4 is 5.32 Å². The largest absolute Gasteiger partial charge is 0.481 e. The van der Waals surface area contributed by atoms with Crippen molar-refractivity contribution in [3.63, 3.8) is 0 Å². The maximum atomic E-state index is 11.9. The molecule has 1 aliphatic rings. The van der Waals surface area contributed by atoms with Gasteiger partial charge in [-0.05, 0) is 19.4 Å². The van der Waals surface area contributed by atoms with E-state index in [1.54, 1.807) is 19.2 Å². The van der Waals surface area contributed by atoms with E-state index in [0.29, 0.717) is 25.3 Å². The van der Waals surface area contributed by atoms with Crippen LogP contribution in [0.3, 0.4) is 0 Å². The molecule has 19 heavy (non-hydrogen) atoms. The molecule has 0 spiro atoms. The molecule has 1 saturated heterocycles. The van der Waals surface area contributed by atoms with E-state index in [1.165, 1.54) is 4.90 Å². The van der Waals surface area contributed by atoms with Crippen molar-refractivity contribution >= 4 is 12.0 Å². The molecule has 7 nitrogen and oxygen atoms in total. The third kappa shape index (κ3) is 3.40. The van der Waals surface area contributed by atoms with Gasteiger partial charge in [0.05, 0.1) is 18.2 Å². The van der Waals surface area contributed by atoms with Crippen molar-refractivity contribution in [2.75, 3.05) is 13.1 Å². The Balaban J connectivity index is 1.84. The Bertz CT molecular complexity index is 492. The monoisotopic (exact) mass is 264 g/mol. The Morgan fingerprint density at radius 1 is 1.58 bits per heavy atom. The van der Waals surface area contributed by atoms with Crippen LogP contribution in [0.2, 0.25) is 0 Å². The lowest BCUT2D eigenvalue weighted by molar-refractivity contribution is -0.141. The van der Waals surface area contributed by atoms with Gasteiger partial charge in [0.25, 0.3) is 0 Å². The van der Waals surface area contributed by atoms with E-state index < -0.39 is 11.9 Å². The van der Waals surface area contributed by atoms with E-state index in [4.69, 9.17) is 5.11 Å². The van der Waals surface area contributed by atoms with Crippen molar-refractivity contribution in [1.82, 2.24) is 20.2 Å². The van der Waals surface area contributed by atoms with E-state index in [1.807, 2.05) is 0 Å². The van der Waals surface area contributed by atoms with E-state index >= 15 is 0 Å². The number of carboxylic acids is 1. The zero-order valence-corrected chi connectivity index (χ0v) is 10.7. The zero-order valence-electron chi connectivity index (χ0n) is 10.7. The summed E-state index contributed by atoms with van der Waals surface area (Å²) in [6.45, 7) is 2.84. The molecule has 1 aromatic rings. The van der Waals surface area contributed by atoms with Gasteiger partial charge in [-0.3, -0.25) is 4.79 Å². The number of hydrogen-bond donors (Lipinski definition) is 2. The molecular weight excluding hydrogens is 248 g/mol. The molecule has 1 aromatic heterocycles. The summed E-state index contributed by atoms with van der Waals surface area (Å²) in [5.74, 6) is -0.646. The fourth-order valence-corrected chi connectivity index (χ4v) is 2.03. The molecule has 2 rings (SSSR count). The molecular formula is C12H16N4O3. The standard InChI is InChI=1S/C12H16N4O3/c1-8-13-4-2-10(15-8)6-14-12(19)16-5-3-9(7-16)11(17)18/h2,4,9H,3,5-7H2,1H3,(H,14,19)(H,17,18). The van der Waals surface area contributed by atoms with Crippen molar-refractivity contribution in [3.8, 4) is 0 Å². The van der Waals surface area contributed by atoms with E-state index in [-0.39, 0.29) is 12.6 Å². The molecule has 1 fully saturated rings. The lowest BCUT2D eigenvalue weighted by Gasteiger charge is -2.16. The van der Waals surface area contributed by atoms with Crippen LogP contribution in [0.1, 0.15) is 17.9 Å². The van der Waals surface area contributed by atoms with Gasteiger partial charge in [-0.2, -0.15) is 0 Å². The molecule has 102 valence electrons. The number of aryl methyl sites for hydroxylation is 1. The fourth-order valence-electron chi connectivity index (χ4n) is 2.03. The highest BCUT2D eigenvalue weighted by molar-refractivity contribution is 5.77. The lowest BCUT2D eigenvalue weighted by Crippen LogP contribution is -2.38. The second kappa shape index (κ2) is 5.64. The van der Waals surface area contributed by atoms with Gasteiger partial charge in [0.2, 0.25) is 0 Å². The van der Waals surface area contributed by atoms with Gasteiger partial charge in [0.1, 0.15) is 5.82 Å². The second-order valence-corrected chi connectivity index (χ2v) is 4.52. The van der Waals surface area contributed by atoms with Crippen LogP contribution in [0, 0.1) is 12.8 Å². The van der Waals surface area contributed by atoms with Crippen LogP contribution in [0.25, 0.3) is 0 Å². The Hall–Kier alpha value is -2.18. The Labute approximate surface area is 110 Å². The number of aromatic nitrogens is 2. The summed E-state index contributed by atoms with van der Waals surface area (Å²) in [5.41, 5.74) is 0.731. The molecule has 1 atom stereocenters. The van der Waals surface area contributed by atoms with E-state index in [9.17, 15) is 9.59 Å². The summed E-state index contributed by atoms with van der Waals surface area (Å²) in [6, 6.07) is 1.48. The summed E-state index contributed by atoms with van der Waals surface area (Å²) in [4.78, 5) is 32.3. The summed E-state index contributed by atoms with van der Waals surface area (Å²) < 4.78 is 0. The van der Waals surface area contributed by atoms with E-state index in [0.717, 1.165) is 5.69 Å². The van der Waals surface area contributed by atoms with Crippen molar-refractivity contribution in [1.29, 1.82) is 0 Å². The van der Waals surface area contributed by atoms with Crippen molar-refractivity contribution < 1.29 is 14.7 Å². The van der Waals surface area contributed by atoms with Crippen LogP contribution >= 0.6 is 0 Å². The van der Waals surface area contributed by atoms with Gasteiger partial charge in [-0.25, -0.2) is 14.8 Å². The quantitative estimate of drug-likeness (QED) is 0.824.